The maximum absolute atomic E-state index is 12.3. The molecule has 192 valence electrons. The Hall–Kier alpha value is -5.31. The summed E-state index contributed by atoms with van der Waals surface area (Å²) in [6, 6.07) is 24.7. The Morgan fingerprint density at radius 2 is 0.658 bits per heavy atom. The molecule has 0 saturated heterocycles. The van der Waals surface area contributed by atoms with Crippen LogP contribution in [0.3, 0.4) is 0 Å². The number of hydrogen-bond donors (Lipinski definition) is 0. The topological polar surface area (TPSA) is 107 Å². The molecule has 38 heavy (non-hydrogen) atoms. The van der Waals surface area contributed by atoms with E-state index in [4.69, 9.17) is 28.4 Å². The lowest BCUT2D eigenvalue weighted by atomic mass is 10.2. The second-order valence-electron chi connectivity index (χ2n) is 7.63. The fraction of sp³-hybridized carbons (Fsp3) is 0.0690. The molecule has 0 aliphatic rings. The Morgan fingerprint density at radius 1 is 0.395 bits per heavy atom. The van der Waals surface area contributed by atoms with Crippen molar-refractivity contribution in [1.29, 1.82) is 0 Å². The van der Waals surface area contributed by atoms with E-state index in [0.29, 0.717) is 23.0 Å². The first-order chi connectivity index (χ1) is 18.4. The van der Waals surface area contributed by atoms with Gasteiger partial charge in [-0.15, -0.1) is 0 Å². The standard InChI is InChI=1S/C29H22O9/c1-33-21-11-15-23(16-12-21)35-27(30)19-3-7-25(8-4-19)37-29(32)38-26-9-5-20(6-10-26)28(31)36-24-17-13-22(34-2)14-18-24/h3-18H,1-2H3. The van der Waals surface area contributed by atoms with Crippen molar-refractivity contribution >= 4 is 18.1 Å². The zero-order valence-electron chi connectivity index (χ0n) is 20.4. The number of esters is 2. The van der Waals surface area contributed by atoms with E-state index in [1.165, 1.54) is 48.5 Å². The molecule has 0 amide bonds. The van der Waals surface area contributed by atoms with Gasteiger partial charge in [-0.25, -0.2) is 14.4 Å². The molecular weight excluding hydrogens is 492 g/mol. The van der Waals surface area contributed by atoms with Crippen LogP contribution in [0, 0.1) is 0 Å². The summed E-state index contributed by atoms with van der Waals surface area (Å²) in [7, 11) is 3.08. The predicted octanol–water partition coefficient (Wildman–Crippen LogP) is 5.72. The van der Waals surface area contributed by atoms with E-state index in [2.05, 4.69) is 0 Å². The van der Waals surface area contributed by atoms with Crippen molar-refractivity contribution in [3.8, 4) is 34.5 Å². The van der Waals surface area contributed by atoms with E-state index >= 15 is 0 Å². The molecule has 0 bridgehead atoms. The van der Waals surface area contributed by atoms with Crippen LogP contribution in [0.1, 0.15) is 20.7 Å². The van der Waals surface area contributed by atoms with Crippen LogP contribution in [0.2, 0.25) is 0 Å². The molecule has 0 aromatic heterocycles. The minimum atomic E-state index is -0.993. The molecule has 0 aliphatic carbocycles. The van der Waals surface area contributed by atoms with Crippen LogP contribution in [-0.4, -0.2) is 32.3 Å². The SMILES string of the molecule is COc1ccc(OC(=O)c2ccc(OC(=O)Oc3ccc(C(=O)Oc4ccc(OC)cc4)cc3)cc2)cc1. The van der Waals surface area contributed by atoms with E-state index in [9.17, 15) is 14.4 Å². The fourth-order valence-electron chi connectivity index (χ4n) is 3.15. The summed E-state index contributed by atoms with van der Waals surface area (Å²) in [4.78, 5) is 36.8. The summed E-state index contributed by atoms with van der Waals surface area (Å²) in [6.45, 7) is 0. The Labute approximate surface area is 218 Å². The maximum Gasteiger partial charge on any atom is 0.519 e. The average molecular weight is 514 g/mol. The Kier molecular flexibility index (Phi) is 8.20. The Balaban J connectivity index is 1.27. The molecule has 0 fully saturated rings. The van der Waals surface area contributed by atoms with E-state index in [1.807, 2.05) is 0 Å². The normalized spacial score (nSPS) is 10.2. The number of hydrogen-bond acceptors (Lipinski definition) is 9. The second kappa shape index (κ2) is 12.1. The highest BCUT2D eigenvalue weighted by Crippen LogP contribution is 2.21. The van der Waals surface area contributed by atoms with Crippen LogP contribution >= 0.6 is 0 Å². The zero-order chi connectivity index (χ0) is 26.9. The summed E-state index contributed by atoms with van der Waals surface area (Å²) in [5.41, 5.74) is 0.525. The number of ether oxygens (including phenoxy) is 6. The second-order valence-corrected chi connectivity index (χ2v) is 7.63. The number of benzene rings is 4. The molecule has 0 heterocycles. The number of rotatable bonds is 8. The molecule has 9 heteroatoms. The van der Waals surface area contributed by atoms with Crippen LogP contribution < -0.4 is 28.4 Å². The summed E-state index contributed by atoms with van der Waals surface area (Å²) >= 11 is 0. The minimum Gasteiger partial charge on any atom is -0.497 e. The van der Waals surface area contributed by atoms with Crippen LogP contribution in [-0.2, 0) is 0 Å². The van der Waals surface area contributed by atoms with Crippen LogP contribution in [0.5, 0.6) is 34.5 Å². The molecule has 0 unspecified atom stereocenters. The lowest BCUT2D eigenvalue weighted by molar-refractivity contribution is 0.0725. The van der Waals surface area contributed by atoms with Gasteiger partial charge in [-0.1, -0.05) is 0 Å². The first kappa shape index (κ1) is 25.8. The monoisotopic (exact) mass is 514 g/mol. The maximum atomic E-state index is 12.3. The van der Waals surface area contributed by atoms with Gasteiger partial charge in [-0.3, -0.25) is 0 Å². The van der Waals surface area contributed by atoms with Gasteiger partial charge in [0, 0.05) is 0 Å². The molecule has 0 spiro atoms. The van der Waals surface area contributed by atoms with Gasteiger partial charge in [-0.05, 0) is 97.1 Å². The van der Waals surface area contributed by atoms with Crippen LogP contribution in [0.25, 0.3) is 0 Å². The van der Waals surface area contributed by atoms with Crippen molar-refractivity contribution in [1.82, 2.24) is 0 Å². The van der Waals surface area contributed by atoms with Gasteiger partial charge in [0.25, 0.3) is 0 Å². The largest absolute Gasteiger partial charge is 0.519 e. The van der Waals surface area contributed by atoms with Crippen molar-refractivity contribution < 1.29 is 42.8 Å². The number of carbonyl (C=O) groups excluding carboxylic acids is 3. The lowest BCUT2D eigenvalue weighted by Gasteiger charge is -2.08. The van der Waals surface area contributed by atoms with Crippen molar-refractivity contribution in [2.24, 2.45) is 0 Å². The molecule has 0 radical (unpaired) electrons. The molecular formula is C29H22O9. The summed E-state index contributed by atoms with van der Waals surface area (Å²) in [5.74, 6) is 1.18. The van der Waals surface area contributed by atoms with Gasteiger partial charge >= 0.3 is 18.1 Å². The first-order valence-corrected chi connectivity index (χ1v) is 11.3. The van der Waals surface area contributed by atoms with E-state index in [0.717, 1.165) is 0 Å². The third-order valence-corrected chi connectivity index (χ3v) is 5.12. The molecule has 4 rings (SSSR count). The third kappa shape index (κ3) is 6.88. The highest BCUT2D eigenvalue weighted by molar-refractivity contribution is 5.92. The van der Waals surface area contributed by atoms with Crippen molar-refractivity contribution in [3.63, 3.8) is 0 Å². The Bertz CT molecular complexity index is 1280. The van der Waals surface area contributed by atoms with E-state index in [-0.39, 0.29) is 22.6 Å². The van der Waals surface area contributed by atoms with Gasteiger partial charge in [0.15, 0.2) is 0 Å². The van der Waals surface area contributed by atoms with E-state index < -0.39 is 18.1 Å². The third-order valence-electron chi connectivity index (χ3n) is 5.12. The molecule has 0 saturated carbocycles. The number of methoxy groups -OCH3 is 2. The summed E-state index contributed by atoms with van der Waals surface area (Å²) < 4.78 is 31.0. The summed E-state index contributed by atoms with van der Waals surface area (Å²) in [6.07, 6.45) is -0.993. The fourth-order valence-corrected chi connectivity index (χ4v) is 3.15. The quantitative estimate of drug-likeness (QED) is 0.166. The van der Waals surface area contributed by atoms with Crippen molar-refractivity contribution in [2.75, 3.05) is 14.2 Å². The highest BCUT2D eigenvalue weighted by Gasteiger charge is 2.13. The lowest BCUT2D eigenvalue weighted by Crippen LogP contribution is -2.14. The average Bonchev–Trinajstić information content (AvgIpc) is 2.94. The Morgan fingerprint density at radius 3 is 0.974 bits per heavy atom. The van der Waals surface area contributed by atoms with Gasteiger partial charge in [0.1, 0.15) is 34.5 Å². The smallest absolute Gasteiger partial charge is 0.497 e. The molecule has 9 nitrogen and oxygen atoms in total. The van der Waals surface area contributed by atoms with Crippen molar-refractivity contribution in [2.45, 2.75) is 0 Å². The molecule has 0 aliphatic heterocycles. The summed E-state index contributed by atoms with van der Waals surface area (Å²) in [5, 5.41) is 0. The van der Waals surface area contributed by atoms with Gasteiger partial charge in [-0.2, -0.15) is 0 Å². The molecule has 0 N–H and O–H groups in total. The highest BCUT2D eigenvalue weighted by atomic mass is 16.7. The molecule has 4 aromatic carbocycles. The van der Waals surface area contributed by atoms with Gasteiger partial charge < -0.3 is 28.4 Å². The first-order valence-electron chi connectivity index (χ1n) is 11.3. The van der Waals surface area contributed by atoms with Crippen molar-refractivity contribution in [3.05, 3.63) is 108 Å². The van der Waals surface area contributed by atoms with E-state index in [1.54, 1.807) is 62.8 Å². The molecule has 0 atom stereocenters. The van der Waals surface area contributed by atoms with Crippen LogP contribution in [0.15, 0.2) is 97.1 Å². The predicted molar refractivity (Wildman–Crippen MR) is 135 cm³/mol. The van der Waals surface area contributed by atoms with Gasteiger partial charge in [0.05, 0.1) is 25.3 Å². The minimum absolute atomic E-state index is 0.163. The molecule has 4 aromatic rings. The zero-order valence-corrected chi connectivity index (χ0v) is 20.4. The van der Waals surface area contributed by atoms with Crippen LogP contribution in [0.4, 0.5) is 4.79 Å². The van der Waals surface area contributed by atoms with Gasteiger partial charge in [0.2, 0.25) is 0 Å². The number of carbonyl (C=O) groups is 3.